The highest BCUT2D eigenvalue weighted by atomic mass is 35.5. The molecule has 0 N–H and O–H groups in total. The van der Waals surface area contributed by atoms with Gasteiger partial charge in [-0.25, -0.2) is 9.07 Å². The minimum Gasteiger partial charge on any atom is -0.336 e. The zero-order valence-corrected chi connectivity index (χ0v) is 16.0. The smallest absolute Gasteiger partial charge is 0.257 e. The number of piperazine rings is 1. The van der Waals surface area contributed by atoms with Crippen LogP contribution >= 0.6 is 11.6 Å². The Morgan fingerprint density at radius 3 is 2.50 bits per heavy atom. The van der Waals surface area contributed by atoms with Gasteiger partial charge in [0.25, 0.3) is 5.91 Å². The summed E-state index contributed by atoms with van der Waals surface area (Å²) in [6.45, 7) is 2.95. The number of hydrogen-bond acceptors (Lipinski definition) is 3. The van der Waals surface area contributed by atoms with E-state index in [2.05, 4.69) is 10.00 Å². The molecule has 2 heterocycles. The summed E-state index contributed by atoms with van der Waals surface area (Å²) >= 11 is 6.12. The van der Waals surface area contributed by atoms with Gasteiger partial charge >= 0.3 is 0 Å². The number of amides is 1. The van der Waals surface area contributed by atoms with Crippen molar-refractivity contribution in [2.75, 3.05) is 26.2 Å². The van der Waals surface area contributed by atoms with Gasteiger partial charge in [-0.1, -0.05) is 35.9 Å². The quantitative estimate of drug-likeness (QED) is 0.674. The van der Waals surface area contributed by atoms with E-state index < -0.39 is 0 Å². The molecular weight excluding hydrogens is 379 g/mol. The maximum atomic E-state index is 14.0. The predicted octanol–water partition coefficient (Wildman–Crippen LogP) is 3.62. The first-order valence-electron chi connectivity index (χ1n) is 9.16. The third kappa shape index (κ3) is 3.93. The first-order chi connectivity index (χ1) is 13.6. The van der Waals surface area contributed by atoms with Gasteiger partial charge in [0.1, 0.15) is 5.82 Å². The minimum absolute atomic E-state index is 0.0363. The van der Waals surface area contributed by atoms with Crippen molar-refractivity contribution in [1.29, 1.82) is 0 Å². The monoisotopic (exact) mass is 398 g/mol. The van der Waals surface area contributed by atoms with Crippen LogP contribution < -0.4 is 0 Å². The SMILES string of the molecule is O=C(c1cnn(-c2ccccc2)c1)N1CCN(Cc2c(F)cccc2Cl)CC1. The van der Waals surface area contributed by atoms with Gasteiger partial charge in [-0.05, 0) is 24.3 Å². The number of carbonyl (C=O) groups excluding carboxylic acids is 1. The van der Waals surface area contributed by atoms with Crippen LogP contribution in [0.5, 0.6) is 0 Å². The summed E-state index contributed by atoms with van der Waals surface area (Å²) in [4.78, 5) is 16.7. The molecule has 1 aliphatic heterocycles. The predicted molar refractivity (Wildman–Crippen MR) is 106 cm³/mol. The highest BCUT2D eigenvalue weighted by molar-refractivity contribution is 6.31. The molecule has 2 aromatic carbocycles. The summed E-state index contributed by atoms with van der Waals surface area (Å²) < 4.78 is 15.7. The second-order valence-corrected chi connectivity index (χ2v) is 7.18. The number of benzene rings is 2. The molecule has 0 aliphatic carbocycles. The molecule has 5 nitrogen and oxygen atoms in total. The number of para-hydroxylation sites is 1. The van der Waals surface area contributed by atoms with E-state index in [-0.39, 0.29) is 11.7 Å². The van der Waals surface area contributed by atoms with E-state index in [0.717, 1.165) is 5.69 Å². The summed E-state index contributed by atoms with van der Waals surface area (Å²) in [5.41, 5.74) is 1.98. The number of hydrogen-bond donors (Lipinski definition) is 0. The lowest BCUT2D eigenvalue weighted by molar-refractivity contribution is 0.0627. The summed E-state index contributed by atoms with van der Waals surface area (Å²) in [5.74, 6) is -0.329. The average molecular weight is 399 g/mol. The number of halogens is 2. The Balaban J connectivity index is 1.37. The molecule has 4 rings (SSSR count). The van der Waals surface area contributed by atoms with E-state index in [1.165, 1.54) is 6.07 Å². The van der Waals surface area contributed by atoms with Gasteiger partial charge < -0.3 is 4.90 Å². The molecule has 0 radical (unpaired) electrons. The van der Waals surface area contributed by atoms with Crippen LogP contribution in [-0.2, 0) is 6.54 Å². The van der Waals surface area contributed by atoms with Crippen LogP contribution in [0.3, 0.4) is 0 Å². The standard InChI is InChI=1S/C21H20ClFN4O/c22-19-7-4-8-20(23)18(19)15-25-9-11-26(12-10-25)21(28)16-13-24-27(14-16)17-5-2-1-3-6-17/h1-8,13-14H,9-12,15H2. The molecule has 1 amide bonds. The maximum absolute atomic E-state index is 14.0. The molecule has 0 atom stereocenters. The van der Waals surface area contributed by atoms with Gasteiger partial charge in [-0.2, -0.15) is 5.10 Å². The molecular formula is C21H20ClFN4O. The van der Waals surface area contributed by atoms with Gasteiger partial charge in [-0.15, -0.1) is 0 Å². The van der Waals surface area contributed by atoms with Crippen molar-refractivity contribution < 1.29 is 9.18 Å². The fourth-order valence-corrected chi connectivity index (χ4v) is 3.58. The van der Waals surface area contributed by atoms with Gasteiger partial charge in [0.05, 0.1) is 17.4 Å². The van der Waals surface area contributed by atoms with E-state index in [9.17, 15) is 9.18 Å². The highest BCUT2D eigenvalue weighted by Gasteiger charge is 2.24. The molecule has 0 spiro atoms. The lowest BCUT2D eigenvalue weighted by Crippen LogP contribution is -2.48. The molecule has 3 aromatic rings. The molecule has 0 unspecified atom stereocenters. The normalized spacial score (nSPS) is 15.0. The minimum atomic E-state index is -0.292. The van der Waals surface area contributed by atoms with Gasteiger partial charge in [0, 0.05) is 49.5 Å². The van der Waals surface area contributed by atoms with Crippen molar-refractivity contribution in [3.63, 3.8) is 0 Å². The Kier molecular flexibility index (Phi) is 5.41. The zero-order chi connectivity index (χ0) is 19.5. The largest absolute Gasteiger partial charge is 0.336 e. The Labute approximate surface area is 167 Å². The van der Waals surface area contributed by atoms with Crippen LogP contribution in [0.25, 0.3) is 5.69 Å². The van der Waals surface area contributed by atoms with Crippen LogP contribution in [0, 0.1) is 5.82 Å². The maximum Gasteiger partial charge on any atom is 0.257 e. The average Bonchev–Trinajstić information content (AvgIpc) is 3.22. The number of rotatable bonds is 4. The lowest BCUT2D eigenvalue weighted by Gasteiger charge is -2.34. The molecule has 1 aliphatic rings. The van der Waals surface area contributed by atoms with Crippen molar-refractivity contribution in [1.82, 2.24) is 19.6 Å². The van der Waals surface area contributed by atoms with E-state index >= 15 is 0 Å². The topological polar surface area (TPSA) is 41.4 Å². The Morgan fingerprint density at radius 2 is 1.79 bits per heavy atom. The number of nitrogens with zero attached hydrogens (tertiary/aromatic N) is 4. The van der Waals surface area contributed by atoms with Crippen molar-refractivity contribution in [2.45, 2.75) is 6.54 Å². The van der Waals surface area contributed by atoms with Gasteiger partial charge in [0.15, 0.2) is 0 Å². The molecule has 1 aromatic heterocycles. The molecule has 7 heteroatoms. The molecule has 144 valence electrons. The van der Waals surface area contributed by atoms with Crippen LogP contribution in [-0.4, -0.2) is 51.7 Å². The summed E-state index contributed by atoms with van der Waals surface area (Å²) in [6, 6.07) is 14.4. The van der Waals surface area contributed by atoms with E-state index in [1.807, 2.05) is 35.2 Å². The highest BCUT2D eigenvalue weighted by Crippen LogP contribution is 2.21. The van der Waals surface area contributed by atoms with Crippen LogP contribution in [0.2, 0.25) is 5.02 Å². The molecule has 1 saturated heterocycles. The number of carbonyl (C=O) groups is 1. The van der Waals surface area contributed by atoms with Gasteiger partial charge in [-0.3, -0.25) is 9.69 Å². The fourth-order valence-electron chi connectivity index (χ4n) is 3.35. The summed E-state index contributed by atoms with van der Waals surface area (Å²) in [5, 5.41) is 4.73. The molecule has 1 fully saturated rings. The van der Waals surface area contributed by atoms with Crippen LogP contribution in [0.4, 0.5) is 4.39 Å². The van der Waals surface area contributed by atoms with Crippen LogP contribution in [0.1, 0.15) is 15.9 Å². The van der Waals surface area contributed by atoms with E-state index in [0.29, 0.717) is 48.9 Å². The van der Waals surface area contributed by atoms with Crippen molar-refractivity contribution >= 4 is 17.5 Å². The van der Waals surface area contributed by atoms with Gasteiger partial charge in [0.2, 0.25) is 0 Å². The molecule has 0 bridgehead atoms. The third-order valence-corrected chi connectivity index (χ3v) is 5.31. The van der Waals surface area contributed by atoms with Crippen molar-refractivity contribution in [3.05, 3.63) is 82.9 Å². The summed E-state index contributed by atoms with van der Waals surface area (Å²) in [6.07, 6.45) is 3.35. The Bertz CT molecular complexity index is 947. The lowest BCUT2D eigenvalue weighted by atomic mass is 10.1. The van der Waals surface area contributed by atoms with Crippen molar-refractivity contribution in [3.8, 4) is 5.69 Å². The second-order valence-electron chi connectivity index (χ2n) is 6.78. The first-order valence-corrected chi connectivity index (χ1v) is 9.54. The first kappa shape index (κ1) is 18.7. The van der Waals surface area contributed by atoms with Crippen LogP contribution in [0.15, 0.2) is 60.9 Å². The Hall–Kier alpha value is -2.70. The van der Waals surface area contributed by atoms with E-state index in [1.54, 1.807) is 29.2 Å². The fraction of sp³-hybridized carbons (Fsp3) is 0.238. The summed E-state index contributed by atoms with van der Waals surface area (Å²) in [7, 11) is 0. The second kappa shape index (κ2) is 8.12. The molecule has 28 heavy (non-hydrogen) atoms. The number of aromatic nitrogens is 2. The molecule has 0 saturated carbocycles. The van der Waals surface area contributed by atoms with Crippen molar-refractivity contribution in [2.24, 2.45) is 0 Å². The zero-order valence-electron chi connectivity index (χ0n) is 15.3. The third-order valence-electron chi connectivity index (χ3n) is 4.95. The van der Waals surface area contributed by atoms with E-state index in [4.69, 9.17) is 11.6 Å². The Morgan fingerprint density at radius 1 is 1.04 bits per heavy atom.